The summed E-state index contributed by atoms with van der Waals surface area (Å²) in [5, 5.41) is 18.5. The summed E-state index contributed by atoms with van der Waals surface area (Å²) < 4.78 is 9.98. The van der Waals surface area contributed by atoms with Gasteiger partial charge in [-0.15, -0.1) is 0 Å². The van der Waals surface area contributed by atoms with E-state index in [1.165, 1.54) is 7.11 Å². The van der Waals surface area contributed by atoms with E-state index in [1.807, 2.05) is 0 Å². The van der Waals surface area contributed by atoms with Gasteiger partial charge in [-0.05, 0) is 6.92 Å². The molecule has 0 aliphatic carbocycles. The number of hydrogen-bond acceptors (Lipinski definition) is 4. The molecule has 0 saturated carbocycles. The van der Waals surface area contributed by atoms with E-state index in [2.05, 4.69) is 0 Å². The maximum Gasteiger partial charge on any atom is 0.183 e. The van der Waals surface area contributed by atoms with Crippen LogP contribution < -0.4 is 0 Å². The highest BCUT2D eigenvalue weighted by atomic mass is 16.7. The molecule has 1 aliphatic heterocycles. The zero-order valence-electron chi connectivity index (χ0n) is 6.73. The van der Waals surface area contributed by atoms with Crippen molar-refractivity contribution in [1.82, 2.24) is 0 Å². The molecule has 11 heavy (non-hydrogen) atoms. The van der Waals surface area contributed by atoms with E-state index in [-0.39, 0.29) is 6.10 Å². The molecule has 4 nitrogen and oxygen atoms in total. The lowest BCUT2D eigenvalue weighted by Crippen LogP contribution is -2.46. The standard InChI is InChI=1S/C7H14O4/c1-4-5(8)3-6(9)7(10-2)11-4/h4-9H,3H2,1-2H3/t4?,5-,6?,7-/m0/s1. The van der Waals surface area contributed by atoms with Crippen LogP contribution >= 0.6 is 0 Å². The Bertz CT molecular complexity index is 128. The predicted octanol–water partition coefficient (Wildman–Crippen LogP) is -0.510. The van der Waals surface area contributed by atoms with Gasteiger partial charge in [0, 0.05) is 13.5 Å². The average Bonchev–Trinajstić information content (AvgIpc) is 1.97. The molecule has 1 rings (SSSR count). The monoisotopic (exact) mass is 162 g/mol. The normalized spacial score (nSPS) is 45.8. The molecule has 4 atom stereocenters. The van der Waals surface area contributed by atoms with Crippen molar-refractivity contribution in [1.29, 1.82) is 0 Å². The SMILES string of the molecule is CO[C@H]1OC(C)[C@@H](O)CC1O. The zero-order chi connectivity index (χ0) is 8.43. The van der Waals surface area contributed by atoms with Gasteiger partial charge in [0.05, 0.1) is 12.2 Å². The quantitative estimate of drug-likeness (QED) is 0.545. The predicted molar refractivity (Wildman–Crippen MR) is 38.0 cm³/mol. The fourth-order valence-corrected chi connectivity index (χ4v) is 1.16. The lowest BCUT2D eigenvalue weighted by Gasteiger charge is -2.34. The van der Waals surface area contributed by atoms with Crippen molar-refractivity contribution in [2.45, 2.75) is 37.9 Å². The van der Waals surface area contributed by atoms with E-state index >= 15 is 0 Å². The van der Waals surface area contributed by atoms with E-state index in [0.29, 0.717) is 6.42 Å². The van der Waals surface area contributed by atoms with Gasteiger partial charge >= 0.3 is 0 Å². The molecule has 0 spiro atoms. The summed E-state index contributed by atoms with van der Waals surface area (Å²) in [4.78, 5) is 0. The molecule has 4 heteroatoms. The first kappa shape index (κ1) is 8.93. The van der Waals surface area contributed by atoms with E-state index in [9.17, 15) is 10.2 Å². The van der Waals surface area contributed by atoms with Crippen LogP contribution in [-0.4, -0.2) is 41.9 Å². The highest BCUT2D eigenvalue weighted by Gasteiger charge is 2.33. The molecule has 0 aromatic rings. The Kier molecular flexibility index (Phi) is 2.84. The third kappa shape index (κ3) is 1.90. The number of ether oxygens (including phenoxy) is 2. The summed E-state index contributed by atoms with van der Waals surface area (Å²) in [5.41, 5.74) is 0. The fraction of sp³-hybridized carbons (Fsp3) is 1.00. The molecule has 0 bridgehead atoms. The minimum Gasteiger partial charge on any atom is -0.390 e. The number of hydrogen-bond donors (Lipinski definition) is 2. The van der Waals surface area contributed by atoms with Gasteiger partial charge in [0.25, 0.3) is 0 Å². The van der Waals surface area contributed by atoms with Crippen molar-refractivity contribution < 1.29 is 19.7 Å². The van der Waals surface area contributed by atoms with Crippen LogP contribution in [0.2, 0.25) is 0 Å². The minimum atomic E-state index is -0.716. The van der Waals surface area contributed by atoms with Crippen molar-refractivity contribution in [3.05, 3.63) is 0 Å². The van der Waals surface area contributed by atoms with E-state index in [1.54, 1.807) is 6.92 Å². The highest BCUT2D eigenvalue weighted by Crippen LogP contribution is 2.19. The van der Waals surface area contributed by atoms with Crippen molar-refractivity contribution in [2.75, 3.05) is 7.11 Å². The summed E-state index contributed by atoms with van der Waals surface area (Å²) in [6, 6.07) is 0. The second kappa shape index (κ2) is 3.49. The van der Waals surface area contributed by atoms with Crippen LogP contribution in [0.3, 0.4) is 0 Å². The first-order chi connectivity index (χ1) is 5.15. The number of aliphatic hydroxyl groups excluding tert-OH is 2. The van der Waals surface area contributed by atoms with Crippen molar-refractivity contribution in [3.8, 4) is 0 Å². The first-order valence-electron chi connectivity index (χ1n) is 3.69. The van der Waals surface area contributed by atoms with Crippen LogP contribution in [0, 0.1) is 0 Å². The van der Waals surface area contributed by atoms with E-state index < -0.39 is 18.5 Å². The van der Waals surface area contributed by atoms with Crippen LogP contribution in [0.15, 0.2) is 0 Å². The van der Waals surface area contributed by atoms with E-state index in [4.69, 9.17) is 9.47 Å². The molecule has 0 aromatic heterocycles. The molecule has 66 valence electrons. The zero-order valence-corrected chi connectivity index (χ0v) is 6.73. The third-order valence-electron chi connectivity index (χ3n) is 1.92. The van der Waals surface area contributed by atoms with Crippen molar-refractivity contribution >= 4 is 0 Å². The van der Waals surface area contributed by atoms with Gasteiger partial charge in [0.1, 0.15) is 6.10 Å². The van der Waals surface area contributed by atoms with E-state index in [0.717, 1.165) is 0 Å². The summed E-state index contributed by atoms with van der Waals surface area (Å²) >= 11 is 0. The molecule has 2 unspecified atom stereocenters. The van der Waals surface area contributed by atoms with Crippen molar-refractivity contribution in [2.24, 2.45) is 0 Å². The minimum absolute atomic E-state index is 0.261. The molecule has 0 radical (unpaired) electrons. The summed E-state index contributed by atoms with van der Waals surface area (Å²) in [6.07, 6.45) is -1.83. The van der Waals surface area contributed by atoms with Gasteiger partial charge in [-0.25, -0.2) is 0 Å². The molecular weight excluding hydrogens is 148 g/mol. The van der Waals surface area contributed by atoms with Gasteiger partial charge in [0.2, 0.25) is 0 Å². The Morgan fingerprint density at radius 3 is 2.55 bits per heavy atom. The Morgan fingerprint density at radius 1 is 1.36 bits per heavy atom. The molecule has 0 amide bonds. The molecular formula is C7H14O4. The largest absolute Gasteiger partial charge is 0.390 e. The topological polar surface area (TPSA) is 58.9 Å². The van der Waals surface area contributed by atoms with Crippen LogP contribution in [0.25, 0.3) is 0 Å². The van der Waals surface area contributed by atoms with Gasteiger partial charge in [0.15, 0.2) is 6.29 Å². The number of rotatable bonds is 1. The van der Waals surface area contributed by atoms with Crippen LogP contribution in [0.5, 0.6) is 0 Å². The van der Waals surface area contributed by atoms with Gasteiger partial charge < -0.3 is 19.7 Å². The summed E-state index contributed by atoms with van der Waals surface area (Å²) in [6.45, 7) is 1.75. The van der Waals surface area contributed by atoms with Gasteiger partial charge in [-0.3, -0.25) is 0 Å². The summed E-state index contributed by atoms with van der Waals surface area (Å²) in [7, 11) is 1.47. The molecule has 1 heterocycles. The molecule has 1 fully saturated rings. The molecule has 2 N–H and O–H groups in total. The lowest BCUT2D eigenvalue weighted by atomic mass is 10.0. The van der Waals surface area contributed by atoms with Crippen LogP contribution in [0.1, 0.15) is 13.3 Å². The molecule has 1 aliphatic rings. The fourth-order valence-electron chi connectivity index (χ4n) is 1.16. The van der Waals surface area contributed by atoms with Crippen molar-refractivity contribution in [3.63, 3.8) is 0 Å². The highest BCUT2D eigenvalue weighted by molar-refractivity contribution is 4.77. The van der Waals surface area contributed by atoms with Crippen LogP contribution in [0.4, 0.5) is 0 Å². The maximum atomic E-state index is 9.25. The first-order valence-corrected chi connectivity index (χ1v) is 3.69. The Hall–Kier alpha value is -0.160. The molecule has 1 saturated heterocycles. The number of aliphatic hydroxyl groups is 2. The Balaban J connectivity index is 2.48. The maximum absolute atomic E-state index is 9.25. The average molecular weight is 162 g/mol. The third-order valence-corrected chi connectivity index (χ3v) is 1.92. The second-order valence-electron chi connectivity index (χ2n) is 2.82. The lowest BCUT2D eigenvalue weighted by molar-refractivity contribution is -0.251. The second-order valence-corrected chi connectivity index (χ2v) is 2.82. The summed E-state index contributed by atoms with van der Waals surface area (Å²) in [5.74, 6) is 0. The number of methoxy groups -OCH3 is 1. The van der Waals surface area contributed by atoms with Gasteiger partial charge in [-0.2, -0.15) is 0 Å². The Labute approximate surface area is 65.7 Å². The molecule has 0 aromatic carbocycles. The van der Waals surface area contributed by atoms with Crippen LogP contribution in [-0.2, 0) is 9.47 Å². The Morgan fingerprint density at radius 2 is 2.00 bits per heavy atom. The van der Waals surface area contributed by atoms with Gasteiger partial charge in [-0.1, -0.05) is 0 Å². The smallest absolute Gasteiger partial charge is 0.183 e.